The average molecular weight is 236 g/mol. The van der Waals surface area contributed by atoms with Gasteiger partial charge in [-0.2, -0.15) is 0 Å². The lowest BCUT2D eigenvalue weighted by atomic mass is 9.70. The van der Waals surface area contributed by atoms with Crippen molar-refractivity contribution in [3.05, 3.63) is 12.2 Å². The van der Waals surface area contributed by atoms with E-state index in [1.807, 2.05) is 24.1 Å². The van der Waals surface area contributed by atoms with Crippen molar-refractivity contribution in [3.8, 4) is 0 Å². The Kier molecular flexibility index (Phi) is 1.81. The monoisotopic (exact) mass is 236 g/mol. The molecule has 0 radical (unpaired) electrons. The fourth-order valence-electron chi connectivity index (χ4n) is 3.06. The molecule has 3 aliphatic heterocycles. The number of carbonyl (C=O) groups is 2. The maximum absolute atomic E-state index is 12.0. The summed E-state index contributed by atoms with van der Waals surface area (Å²) in [5.41, 5.74) is 0. The van der Waals surface area contributed by atoms with E-state index < -0.39 is 0 Å². The van der Waals surface area contributed by atoms with Crippen LogP contribution in [0.25, 0.3) is 0 Å². The zero-order valence-corrected chi connectivity index (χ0v) is 9.90. The van der Waals surface area contributed by atoms with Gasteiger partial charge in [0.2, 0.25) is 11.8 Å². The van der Waals surface area contributed by atoms with Crippen molar-refractivity contribution < 1.29 is 9.59 Å². The number of hydrogen-bond donors (Lipinski definition) is 0. The predicted molar refractivity (Wildman–Crippen MR) is 61.5 cm³/mol. The smallest absolute Gasteiger partial charge is 0.235 e. The number of thiocarbonyl (C=S) groups is 1. The Labute approximate surface area is 98.9 Å². The summed E-state index contributed by atoms with van der Waals surface area (Å²) < 4.78 is 0. The van der Waals surface area contributed by atoms with Gasteiger partial charge >= 0.3 is 0 Å². The first-order valence-electron chi connectivity index (χ1n) is 5.30. The minimum absolute atomic E-state index is 0.0381. The van der Waals surface area contributed by atoms with Crippen LogP contribution in [-0.4, -0.2) is 46.7 Å². The fourth-order valence-corrected chi connectivity index (χ4v) is 3.41. The molecule has 3 heterocycles. The Morgan fingerprint density at radius 3 is 2.44 bits per heavy atom. The van der Waals surface area contributed by atoms with Gasteiger partial charge in [0.15, 0.2) is 0 Å². The van der Waals surface area contributed by atoms with E-state index >= 15 is 0 Å². The van der Waals surface area contributed by atoms with Crippen LogP contribution in [0.2, 0.25) is 0 Å². The first-order valence-corrected chi connectivity index (χ1v) is 5.71. The van der Waals surface area contributed by atoms with Gasteiger partial charge < -0.3 is 4.90 Å². The van der Waals surface area contributed by atoms with Gasteiger partial charge in [-0.25, -0.2) is 0 Å². The first-order chi connectivity index (χ1) is 7.54. The maximum Gasteiger partial charge on any atom is 0.235 e. The van der Waals surface area contributed by atoms with Crippen molar-refractivity contribution in [3.63, 3.8) is 0 Å². The molecule has 4 aliphatic rings. The molecule has 4 rings (SSSR count). The van der Waals surface area contributed by atoms with Crippen LogP contribution in [0.5, 0.6) is 0 Å². The fraction of sp³-hybridized carbons (Fsp3) is 0.545. The Balaban J connectivity index is 2.12. The average Bonchev–Trinajstić information content (AvgIpc) is 2.51. The van der Waals surface area contributed by atoms with Crippen LogP contribution in [0.1, 0.15) is 0 Å². The lowest BCUT2D eigenvalue weighted by Gasteiger charge is -2.46. The number of hydrogen-bond acceptors (Lipinski definition) is 3. The Morgan fingerprint density at radius 2 is 1.75 bits per heavy atom. The van der Waals surface area contributed by atoms with Gasteiger partial charge in [0, 0.05) is 20.0 Å². The summed E-state index contributed by atoms with van der Waals surface area (Å²) >= 11 is 5.33. The number of amides is 2. The van der Waals surface area contributed by atoms with E-state index in [1.54, 1.807) is 7.05 Å². The van der Waals surface area contributed by atoms with Crippen LogP contribution in [0.4, 0.5) is 0 Å². The van der Waals surface area contributed by atoms with Crippen molar-refractivity contribution >= 4 is 29.0 Å². The molecular formula is C11H12N2O2S. The number of rotatable bonds is 0. The van der Waals surface area contributed by atoms with E-state index in [0.29, 0.717) is 0 Å². The predicted octanol–water partition coefficient (Wildman–Crippen LogP) is 0.0448. The van der Waals surface area contributed by atoms with Crippen LogP contribution in [0.15, 0.2) is 12.2 Å². The molecule has 84 valence electrons. The standard InChI is InChI=1S/C11H12N2O2S/c1-12-6-4-3-5(11(12)16)7-8(6)10(15)13(2)9(7)14/h3-8H,1-2H3/t5-,6+,7+,8-/m0/s1. The van der Waals surface area contributed by atoms with Gasteiger partial charge in [-0.05, 0) is 0 Å². The van der Waals surface area contributed by atoms with Crippen LogP contribution < -0.4 is 0 Å². The second-order valence-electron chi connectivity index (χ2n) is 4.64. The molecule has 2 bridgehead atoms. The lowest BCUT2D eigenvalue weighted by molar-refractivity contribution is -0.138. The number of carbonyl (C=O) groups excluding carboxylic acids is 2. The molecule has 0 N–H and O–H groups in total. The highest BCUT2D eigenvalue weighted by Gasteiger charge is 2.58. The number of likely N-dealkylation sites (N-methyl/N-ethyl adjacent to an activating group) is 1. The quantitative estimate of drug-likeness (QED) is 0.338. The van der Waals surface area contributed by atoms with E-state index in [9.17, 15) is 9.59 Å². The van der Waals surface area contributed by atoms with Crippen molar-refractivity contribution in [2.24, 2.45) is 17.8 Å². The topological polar surface area (TPSA) is 40.6 Å². The van der Waals surface area contributed by atoms with Crippen LogP contribution in [0.3, 0.4) is 0 Å². The first kappa shape index (κ1) is 9.96. The van der Waals surface area contributed by atoms with Crippen molar-refractivity contribution in [2.75, 3.05) is 14.1 Å². The summed E-state index contributed by atoms with van der Waals surface area (Å²) in [5.74, 6) is -0.703. The summed E-state index contributed by atoms with van der Waals surface area (Å²) in [6.45, 7) is 0. The molecule has 16 heavy (non-hydrogen) atoms. The summed E-state index contributed by atoms with van der Waals surface area (Å²) in [4.78, 5) is 28.0. The number of nitrogens with zero attached hydrogens (tertiary/aromatic N) is 2. The van der Waals surface area contributed by atoms with Crippen molar-refractivity contribution in [2.45, 2.75) is 6.04 Å². The van der Waals surface area contributed by atoms with E-state index in [0.717, 1.165) is 4.99 Å². The van der Waals surface area contributed by atoms with Crippen molar-refractivity contribution in [1.82, 2.24) is 9.80 Å². The second-order valence-corrected chi connectivity index (χ2v) is 5.06. The molecule has 0 aromatic rings. The van der Waals surface area contributed by atoms with Crippen molar-refractivity contribution in [1.29, 1.82) is 0 Å². The number of fused-ring (bicyclic) bond motifs is 1. The summed E-state index contributed by atoms with van der Waals surface area (Å²) in [7, 11) is 3.46. The molecule has 2 fully saturated rings. The molecule has 4 atom stereocenters. The lowest BCUT2D eigenvalue weighted by Crippen LogP contribution is -2.57. The third kappa shape index (κ3) is 0.923. The van der Waals surface area contributed by atoms with Gasteiger partial charge in [0.05, 0.1) is 22.9 Å². The van der Waals surface area contributed by atoms with Crippen LogP contribution in [0, 0.1) is 17.8 Å². The third-order valence-electron chi connectivity index (χ3n) is 3.97. The number of imide groups is 1. The van der Waals surface area contributed by atoms with Gasteiger partial charge in [-0.3, -0.25) is 14.5 Å². The third-order valence-corrected chi connectivity index (χ3v) is 4.53. The molecule has 5 heteroatoms. The molecule has 0 aromatic heterocycles. The largest absolute Gasteiger partial charge is 0.361 e. The number of likely N-dealkylation sites (tertiary alicyclic amines) is 1. The second kappa shape index (κ2) is 2.91. The highest BCUT2D eigenvalue weighted by Crippen LogP contribution is 2.45. The summed E-state index contributed by atoms with van der Waals surface area (Å²) in [5, 5.41) is 0. The Hall–Kier alpha value is -1.23. The zero-order chi connectivity index (χ0) is 11.6. The summed E-state index contributed by atoms with van der Waals surface area (Å²) in [6.07, 6.45) is 3.99. The minimum atomic E-state index is -0.254. The zero-order valence-electron chi connectivity index (χ0n) is 9.08. The molecule has 4 nitrogen and oxygen atoms in total. The highest BCUT2D eigenvalue weighted by molar-refractivity contribution is 7.80. The molecule has 0 unspecified atom stereocenters. The Bertz CT molecular complexity index is 445. The molecule has 2 saturated heterocycles. The van der Waals surface area contributed by atoms with E-state index in [2.05, 4.69) is 0 Å². The minimum Gasteiger partial charge on any atom is -0.361 e. The normalized spacial score (nSPS) is 41.0. The SMILES string of the molecule is CN1C(=O)[C@@H]2[C@H](C1=O)[C@@H]1C=C[C@H]2N(C)C1=S. The van der Waals surface area contributed by atoms with Crippen LogP contribution >= 0.6 is 12.2 Å². The molecule has 1 aliphatic carbocycles. The van der Waals surface area contributed by atoms with E-state index in [4.69, 9.17) is 12.2 Å². The van der Waals surface area contributed by atoms with Gasteiger partial charge in [0.1, 0.15) is 0 Å². The summed E-state index contributed by atoms with van der Waals surface area (Å²) in [6, 6.07) is -0.0381. The molecular weight excluding hydrogens is 224 g/mol. The Morgan fingerprint density at radius 1 is 1.12 bits per heavy atom. The van der Waals surface area contributed by atoms with Gasteiger partial charge in [0.25, 0.3) is 0 Å². The maximum atomic E-state index is 12.0. The van der Waals surface area contributed by atoms with Gasteiger partial charge in [-0.15, -0.1) is 0 Å². The molecule has 0 aromatic carbocycles. The molecule has 2 amide bonds. The number of piperidine rings is 1. The molecule has 0 saturated carbocycles. The van der Waals surface area contributed by atoms with Crippen LogP contribution in [-0.2, 0) is 9.59 Å². The highest BCUT2D eigenvalue weighted by atomic mass is 32.1. The van der Waals surface area contributed by atoms with Gasteiger partial charge in [-0.1, -0.05) is 24.4 Å². The van der Waals surface area contributed by atoms with E-state index in [1.165, 1.54) is 4.90 Å². The van der Waals surface area contributed by atoms with E-state index in [-0.39, 0.29) is 35.6 Å². The molecule has 0 spiro atoms.